The third-order valence-electron chi connectivity index (χ3n) is 4.92. The number of para-hydroxylation sites is 1. The number of rotatable bonds is 7. The van der Waals surface area contributed by atoms with Crippen molar-refractivity contribution in [2.45, 2.75) is 50.3 Å². The zero-order chi connectivity index (χ0) is 19.3. The summed E-state index contributed by atoms with van der Waals surface area (Å²) in [6, 6.07) is 13.0. The summed E-state index contributed by atoms with van der Waals surface area (Å²) in [6.45, 7) is 2.17. The van der Waals surface area contributed by atoms with Gasteiger partial charge < -0.3 is 5.32 Å². The van der Waals surface area contributed by atoms with Gasteiger partial charge in [0, 0.05) is 18.7 Å². The van der Waals surface area contributed by atoms with E-state index in [4.69, 9.17) is 0 Å². The van der Waals surface area contributed by atoms with Gasteiger partial charge in [-0.25, -0.2) is 13.1 Å². The van der Waals surface area contributed by atoms with Crippen molar-refractivity contribution in [2.75, 3.05) is 11.9 Å². The van der Waals surface area contributed by atoms with Gasteiger partial charge >= 0.3 is 0 Å². The summed E-state index contributed by atoms with van der Waals surface area (Å²) < 4.78 is 27.6. The minimum absolute atomic E-state index is 0.114. The highest BCUT2D eigenvalue weighted by Gasteiger charge is 2.17. The molecule has 5 nitrogen and oxygen atoms in total. The number of aryl methyl sites for hydroxylation is 3. The monoisotopic (exact) mass is 386 g/mol. The smallest absolute Gasteiger partial charge is 0.240 e. The molecule has 0 saturated heterocycles. The molecular weight excluding hydrogens is 360 g/mol. The maximum Gasteiger partial charge on any atom is 0.240 e. The fourth-order valence-corrected chi connectivity index (χ4v) is 4.47. The Morgan fingerprint density at radius 2 is 1.78 bits per heavy atom. The zero-order valence-corrected chi connectivity index (χ0v) is 16.4. The zero-order valence-electron chi connectivity index (χ0n) is 15.6. The summed E-state index contributed by atoms with van der Waals surface area (Å²) >= 11 is 0. The van der Waals surface area contributed by atoms with Crippen molar-refractivity contribution in [3.63, 3.8) is 0 Å². The lowest BCUT2D eigenvalue weighted by Crippen LogP contribution is -2.26. The number of benzene rings is 2. The normalized spacial score (nSPS) is 13.8. The first kappa shape index (κ1) is 19.6. The van der Waals surface area contributed by atoms with Crippen LogP contribution in [0, 0.1) is 6.92 Å². The fourth-order valence-electron chi connectivity index (χ4n) is 3.34. The van der Waals surface area contributed by atoms with Crippen molar-refractivity contribution in [2.24, 2.45) is 0 Å². The Morgan fingerprint density at radius 1 is 1.04 bits per heavy atom. The second kappa shape index (κ2) is 8.67. The van der Waals surface area contributed by atoms with Crippen molar-refractivity contribution in [1.82, 2.24) is 4.72 Å². The second-order valence-electron chi connectivity index (χ2n) is 7.00. The Kier molecular flexibility index (Phi) is 6.29. The molecule has 1 aliphatic rings. The number of amides is 1. The van der Waals surface area contributed by atoms with E-state index in [1.807, 2.05) is 37.3 Å². The molecule has 27 heavy (non-hydrogen) atoms. The van der Waals surface area contributed by atoms with E-state index < -0.39 is 10.0 Å². The van der Waals surface area contributed by atoms with Crippen molar-refractivity contribution < 1.29 is 13.2 Å². The number of carbonyl (C=O) groups is 1. The van der Waals surface area contributed by atoms with E-state index in [0.717, 1.165) is 36.1 Å². The molecule has 0 atom stereocenters. The SMILES string of the molecule is Cc1ccccc1NC(=O)CCCNS(=O)(=O)c1ccc2c(c1)CCCC2. The summed E-state index contributed by atoms with van der Waals surface area (Å²) in [5, 5.41) is 2.86. The van der Waals surface area contributed by atoms with Crippen molar-refractivity contribution in [1.29, 1.82) is 0 Å². The third kappa shape index (κ3) is 5.17. The molecule has 0 unspecified atom stereocenters. The van der Waals surface area contributed by atoms with Gasteiger partial charge in [-0.3, -0.25) is 4.79 Å². The Labute approximate surface area is 161 Å². The van der Waals surface area contributed by atoms with E-state index in [2.05, 4.69) is 10.0 Å². The summed E-state index contributed by atoms with van der Waals surface area (Å²) in [5.41, 5.74) is 4.19. The fraction of sp³-hybridized carbons (Fsp3) is 0.381. The lowest BCUT2D eigenvalue weighted by atomic mass is 9.92. The van der Waals surface area contributed by atoms with Crippen LogP contribution in [-0.4, -0.2) is 20.9 Å². The van der Waals surface area contributed by atoms with E-state index in [1.54, 1.807) is 12.1 Å². The van der Waals surface area contributed by atoms with Crippen LogP contribution in [0.25, 0.3) is 0 Å². The van der Waals surface area contributed by atoms with E-state index in [0.29, 0.717) is 11.3 Å². The second-order valence-corrected chi connectivity index (χ2v) is 8.77. The first-order chi connectivity index (χ1) is 13.0. The number of hydrogen-bond donors (Lipinski definition) is 2. The minimum Gasteiger partial charge on any atom is -0.326 e. The maximum absolute atomic E-state index is 12.5. The molecular formula is C21H26N2O3S. The van der Waals surface area contributed by atoms with E-state index in [9.17, 15) is 13.2 Å². The van der Waals surface area contributed by atoms with Gasteiger partial charge in [-0.2, -0.15) is 0 Å². The summed E-state index contributed by atoms with van der Waals surface area (Å²) in [6.07, 6.45) is 4.96. The highest BCUT2D eigenvalue weighted by atomic mass is 32.2. The van der Waals surface area contributed by atoms with Gasteiger partial charge in [0.2, 0.25) is 15.9 Å². The van der Waals surface area contributed by atoms with Crippen molar-refractivity contribution in [3.8, 4) is 0 Å². The van der Waals surface area contributed by atoms with Crippen LogP contribution in [0.4, 0.5) is 5.69 Å². The van der Waals surface area contributed by atoms with Crippen molar-refractivity contribution in [3.05, 3.63) is 59.2 Å². The number of anilines is 1. The molecule has 0 aromatic heterocycles. The highest BCUT2D eigenvalue weighted by Crippen LogP contribution is 2.24. The van der Waals surface area contributed by atoms with Crippen LogP contribution in [0.1, 0.15) is 42.4 Å². The standard InChI is InChI=1S/C21H26N2O3S/c1-16-7-2-5-10-20(16)23-21(24)11-6-14-22-27(25,26)19-13-12-17-8-3-4-9-18(17)15-19/h2,5,7,10,12-13,15,22H,3-4,6,8-9,11,14H2,1H3,(H,23,24). The van der Waals surface area contributed by atoms with Crippen LogP contribution in [0.15, 0.2) is 47.4 Å². The largest absolute Gasteiger partial charge is 0.326 e. The van der Waals surface area contributed by atoms with Crippen LogP contribution < -0.4 is 10.0 Å². The number of carbonyl (C=O) groups excluding carboxylic acids is 1. The summed E-state index contributed by atoms with van der Waals surface area (Å²) in [4.78, 5) is 12.3. The van der Waals surface area contributed by atoms with Gasteiger partial charge in [0.15, 0.2) is 0 Å². The first-order valence-electron chi connectivity index (χ1n) is 9.43. The average molecular weight is 387 g/mol. The quantitative estimate of drug-likeness (QED) is 0.714. The number of sulfonamides is 1. The predicted octanol–water partition coefficient (Wildman–Crippen LogP) is 3.57. The first-order valence-corrected chi connectivity index (χ1v) is 10.9. The molecule has 0 saturated carbocycles. The van der Waals surface area contributed by atoms with Gasteiger partial charge in [-0.1, -0.05) is 24.3 Å². The maximum atomic E-state index is 12.5. The van der Waals surface area contributed by atoms with Crippen LogP contribution in [0.3, 0.4) is 0 Å². The van der Waals surface area contributed by atoms with Gasteiger partial charge in [-0.15, -0.1) is 0 Å². The van der Waals surface area contributed by atoms with Gasteiger partial charge in [0.1, 0.15) is 0 Å². The Hall–Kier alpha value is -2.18. The van der Waals surface area contributed by atoms with Crippen LogP contribution in [0.2, 0.25) is 0 Å². The van der Waals surface area contributed by atoms with Gasteiger partial charge in [0.05, 0.1) is 4.90 Å². The predicted molar refractivity (Wildman–Crippen MR) is 107 cm³/mol. The minimum atomic E-state index is -3.54. The third-order valence-corrected chi connectivity index (χ3v) is 6.38. The molecule has 0 spiro atoms. The molecule has 0 bridgehead atoms. The molecule has 2 aromatic rings. The Morgan fingerprint density at radius 3 is 2.56 bits per heavy atom. The Balaban J connectivity index is 1.49. The number of nitrogens with one attached hydrogen (secondary N) is 2. The summed E-state index contributed by atoms with van der Waals surface area (Å²) in [5.74, 6) is -0.114. The number of hydrogen-bond acceptors (Lipinski definition) is 3. The molecule has 0 heterocycles. The molecule has 1 aliphatic carbocycles. The lowest BCUT2D eigenvalue weighted by Gasteiger charge is -2.16. The van der Waals surface area contributed by atoms with Crippen LogP contribution >= 0.6 is 0 Å². The number of fused-ring (bicyclic) bond motifs is 1. The molecule has 0 aliphatic heterocycles. The highest BCUT2D eigenvalue weighted by molar-refractivity contribution is 7.89. The van der Waals surface area contributed by atoms with E-state index in [-0.39, 0.29) is 18.9 Å². The van der Waals surface area contributed by atoms with Gasteiger partial charge in [-0.05, 0) is 73.9 Å². The molecule has 0 radical (unpaired) electrons. The molecule has 144 valence electrons. The summed E-state index contributed by atoms with van der Waals surface area (Å²) in [7, 11) is -3.54. The van der Waals surface area contributed by atoms with Gasteiger partial charge in [0.25, 0.3) is 0 Å². The molecule has 2 aromatic carbocycles. The lowest BCUT2D eigenvalue weighted by molar-refractivity contribution is -0.116. The molecule has 0 fully saturated rings. The average Bonchev–Trinajstić information content (AvgIpc) is 2.67. The Bertz CT molecular complexity index is 923. The van der Waals surface area contributed by atoms with E-state index in [1.165, 1.54) is 12.0 Å². The molecule has 3 rings (SSSR count). The van der Waals surface area contributed by atoms with Crippen LogP contribution in [0.5, 0.6) is 0 Å². The van der Waals surface area contributed by atoms with E-state index >= 15 is 0 Å². The molecule has 6 heteroatoms. The topological polar surface area (TPSA) is 75.3 Å². The van der Waals surface area contributed by atoms with Crippen molar-refractivity contribution >= 4 is 21.6 Å². The molecule has 2 N–H and O–H groups in total. The molecule has 1 amide bonds. The van der Waals surface area contributed by atoms with Crippen LogP contribution in [-0.2, 0) is 27.7 Å².